The lowest BCUT2D eigenvalue weighted by Gasteiger charge is -2.33. The van der Waals surface area contributed by atoms with Gasteiger partial charge >= 0.3 is 0 Å². The van der Waals surface area contributed by atoms with Gasteiger partial charge < -0.3 is 0 Å². The second-order valence-electron chi connectivity index (χ2n) is 6.55. The Morgan fingerprint density at radius 2 is 0.750 bits per heavy atom. The van der Waals surface area contributed by atoms with Gasteiger partial charge in [0.1, 0.15) is 0 Å². The van der Waals surface area contributed by atoms with Crippen molar-refractivity contribution in [3.05, 3.63) is 108 Å². The Morgan fingerprint density at radius 1 is 0.500 bits per heavy atom. The average molecular weight is 447 g/mol. The third-order valence-electron chi connectivity index (χ3n) is 4.22. The van der Waals surface area contributed by atoms with E-state index in [1.165, 1.54) is 35.2 Å². The Balaban J connectivity index is 0.00000208. The van der Waals surface area contributed by atoms with Gasteiger partial charge in [0.2, 0.25) is 0 Å². The highest BCUT2D eigenvalue weighted by atomic mass is 127. The van der Waals surface area contributed by atoms with E-state index in [0.717, 1.165) is 0 Å². The number of benzene rings is 3. The van der Waals surface area contributed by atoms with Gasteiger partial charge in [0.15, 0.2) is 0 Å². The van der Waals surface area contributed by atoms with Crippen molar-refractivity contribution in [1.29, 1.82) is 0 Å². The molecule has 0 saturated heterocycles. The molecule has 0 aliphatic rings. The van der Waals surface area contributed by atoms with Crippen molar-refractivity contribution in [2.75, 3.05) is 6.66 Å². The summed E-state index contributed by atoms with van der Waals surface area (Å²) in [6.45, 7) is 2.53. The van der Waals surface area contributed by atoms with Crippen LogP contribution in [0.4, 0.5) is 0 Å². The van der Waals surface area contributed by atoms with Crippen molar-refractivity contribution in [3.8, 4) is 0 Å². The van der Waals surface area contributed by atoms with Crippen LogP contribution >= 0.6 is 31.2 Å². The van der Waals surface area contributed by atoms with Gasteiger partial charge in [0.05, 0.1) is 0 Å². The van der Waals surface area contributed by atoms with Gasteiger partial charge in [-0.05, 0) is 41.8 Å². The molecular formula is C22H25IP. The molecule has 0 unspecified atom stereocenters. The van der Waals surface area contributed by atoms with Gasteiger partial charge in [0.25, 0.3) is 0 Å². The predicted octanol–water partition coefficient (Wildman–Crippen LogP) is 6.85. The second-order valence-corrected chi connectivity index (χ2v) is 10.7. The van der Waals surface area contributed by atoms with Crippen molar-refractivity contribution in [2.45, 2.75) is 18.5 Å². The zero-order valence-electron chi connectivity index (χ0n) is 14.1. The number of hydrogen-bond donors (Lipinski definition) is 0. The highest BCUT2D eigenvalue weighted by Crippen LogP contribution is 2.63. The molecule has 0 nitrogen and oxygen atoms in total. The molecule has 0 amide bonds. The topological polar surface area (TPSA) is 0 Å². The van der Waals surface area contributed by atoms with E-state index in [1.54, 1.807) is 0 Å². The van der Waals surface area contributed by atoms with Gasteiger partial charge in [-0.15, -0.1) is 31.2 Å². The van der Waals surface area contributed by atoms with E-state index in [1.807, 2.05) is 0 Å². The van der Waals surface area contributed by atoms with Crippen LogP contribution in [0.5, 0.6) is 0 Å². The lowest BCUT2D eigenvalue weighted by Crippen LogP contribution is -2.03. The number of rotatable bonds is 6. The SMILES string of the molecule is C[P](Cc1ccccc1)(Cc1ccccc1)Cc1ccccc1.I. The Morgan fingerprint density at radius 3 is 1.00 bits per heavy atom. The number of halogens is 1. The average Bonchev–Trinajstić information content (AvgIpc) is 2.57. The Labute approximate surface area is 163 Å². The first kappa shape index (κ1) is 19.1. The molecule has 24 heavy (non-hydrogen) atoms. The molecule has 3 rings (SSSR count). The van der Waals surface area contributed by atoms with E-state index >= 15 is 0 Å². The van der Waals surface area contributed by atoms with E-state index in [0.29, 0.717) is 0 Å². The summed E-state index contributed by atoms with van der Waals surface area (Å²) >= 11 is 0. The first-order valence-corrected chi connectivity index (χ1v) is 11.0. The molecule has 0 atom stereocenters. The molecule has 0 aliphatic carbocycles. The molecule has 0 aromatic heterocycles. The highest BCUT2D eigenvalue weighted by molar-refractivity contribution is 14.0. The fraction of sp³-hybridized carbons (Fsp3) is 0.182. The quantitative estimate of drug-likeness (QED) is 0.286. The summed E-state index contributed by atoms with van der Waals surface area (Å²) in [5.74, 6) is 0. The molecule has 3 aromatic carbocycles. The molecule has 2 heteroatoms. The summed E-state index contributed by atoms with van der Waals surface area (Å²) in [4.78, 5) is 0. The van der Waals surface area contributed by atoms with E-state index in [2.05, 4.69) is 97.7 Å². The van der Waals surface area contributed by atoms with Crippen LogP contribution in [-0.4, -0.2) is 6.66 Å². The van der Waals surface area contributed by atoms with E-state index in [4.69, 9.17) is 0 Å². The van der Waals surface area contributed by atoms with Crippen LogP contribution in [0.15, 0.2) is 91.0 Å². The highest BCUT2D eigenvalue weighted by Gasteiger charge is 2.23. The fourth-order valence-corrected chi connectivity index (χ4v) is 6.85. The van der Waals surface area contributed by atoms with Gasteiger partial charge in [-0.1, -0.05) is 91.0 Å². The van der Waals surface area contributed by atoms with Crippen LogP contribution in [0.3, 0.4) is 0 Å². The van der Waals surface area contributed by atoms with Crippen molar-refractivity contribution in [2.24, 2.45) is 0 Å². The van der Waals surface area contributed by atoms with Crippen LogP contribution in [0.2, 0.25) is 0 Å². The van der Waals surface area contributed by atoms with Gasteiger partial charge in [-0.2, -0.15) is 0 Å². The third-order valence-corrected chi connectivity index (χ3v) is 7.61. The molecule has 125 valence electrons. The minimum absolute atomic E-state index is 0. The smallest absolute Gasteiger partial charge is 0.0103 e. The molecule has 1 radical (unpaired) electrons. The zero-order chi connectivity index (χ0) is 16.0. The van der Waals surface area contributed by atoms with Gasteiger partial charge in [-0.3, -0.25) is 0 Å². The molecule has 0 fully saturated rings. The van der Waals surface area contributed by atoms with Crippen LogP contribution in [0.1, 0.15) is 16.7 Å². The van der Waals surface area contributed by atoms with E-state index < -0.39 is 7.26 Å². The van der Waals surface area contributed by atoms with Crippen molar-refractivity contribution in [1.82, 2.24) is 0 Å². The normalized spacial score (nSPS) is 10.9. The van der Waals surface area contributed by atoms with Gasteiger partial charge in [-0.25, -0.2) is 0 Å². The summed E-state index contributed by atoms with van der Waals surface area (Å²) in [5, 5.41) is 0. The third kappa shape index (κ3) is 5.72. The standard InChI is InChI=1S/C22H24P.HI/c1-23(17-20-11-5-2-6-12-20,18-21-13-7-3-8-14-21)19-22-15-9-4-10-16-22;/h2-16H,17-19H2,1H3;1H. The lowest BCUT2D eigenvalue weighted by atomic mass is 10.2. The van der Waals surface area contributed by atoms with Crippen LogP contribution in [0.25, 0.3) is 0 Å². The summed E-state index contributed by atoms with van der Waals surface area (Å²) < 4.78 is 0. The van der Waals surface area contributed by atoms with Crippen molar-refractivity contribution < 1.29 is 0 Å². The Hall–Kier alpha value is -1.18. The minimum atomic E-state index is -1.14. The molecule has 0 saturated carbocycles. The van der Waals surface area contributed by atoms with Crippen LogP contribution in [0, 0.1) is 0 Å². The summed E-state index contributed by atoms with van der Waals surface area (Å²) in [6, 6.07) is 32.9. The first-order chi connectivity index (χ1) is 11.2. The monoisotopic (exact) mass is 447 g/mol. The summed E-state index contributed by atoms with van der Waals surface area (Å²) in [7, 11) is -1.14. The molecule has 0 heterocycles. The molecule has 0 N–H and O–H groups in total. The maximum Gasteiger partial charge on any atom is -0.0103 e. The van der Waals surface area contributed by atoms with Crippen molar-refractivity contribution >= 4 is 31.2 Å². The lowest BCUT2D eigenvalue weighted by molar-refractivity contribution is 1.23. The molecule has 0 aliphatic heterocycles. The zero-order valence-corrected chi connectivity index (χ0v) is 17.4. The first-order valence-electron chi connectivity index (χ1n) is 8.19. The maximum absolute atomic E-state index is 2.53. The minimum Gasteiger partial charge on any atom is -0.116 e. The molecule has 3 aromatic rings. The Kier molecular flexibility index (Phi) is 7.45. The predicted molar refractivity (Wildman–Crippen MR) is 119 cm³/mol. The largest absolute Gasteiger partial charge is 0.116 e. The van der Waals surface area contributed by atoms with Crippen LogP contribution in [-0.2, 0) is 18.5 Å². The van der Waals surface area contributed by atoms with E-state index in [-0.39, 0.29) is 24.0 Å². The van der Waals surface area contributed by atoms with Crippen molar-refractivity contribution in [3.63, 3.8) is 0 Å². The van der Waals surface area contributed by atoms with E-state index in [9.17, 15) is 0 Å². The summed E-state index contributed by atoms with van der Waals surface area (Å²) in [6.07, 6.45) is 3.62. The molecule has 0 bridgehead atoms. The number of hydrogen-bond acceptors (Lipinski definition) is 0. The second kappa shape index (κ2) is 9.34. The Bertz CT molecular complexity index is 609. The molecular weight excluding hydrogens is 422 g/mol. The fourth-order valence-electron chi connectivity index (χ4n) is 3.24. The molecule has 0 spiro atoms. The maximum atomic E-state index is 2.53. The summed E-state index contributed by atoms with van der Waals surface area (Å²) in [5.41, 5.74) is 4.40. The van der Waals surface area contributed by atoms with Gasteiger partial charge in [0, 0.05) is 0 Å². The van der Waals surface area contributed by atoms with Crippen LogP contribution < -0.4 is 0 Å².